The third-order valence-corrected chi connectivity index (χ3v) is 4.87. The first-order valence-electron chi connectivity index (χ1n) is 7.98. The Labute approximate surface area is 136 Å². The number of hydrogen-bond acceptors (Lipinski definition) is 5. The van der Waals surface area contributed by atoms with Crippen molar-refractivity contribution >= 4 is 17.7 Å². The Bertz CT molecular complexity index is 476. The van der Waals surface area contributed by atoms with Crippen molar-refractivity contribution in [2.45, 2.75) is 25.3 Å². The molecule has 1 atom stereocenters. The maximum atomic E-state index is 12.5. The highest BCUT2D eigenvalue weighted by Crippen LogP contribution is 2.29. The van der Waals surface area contributed by atoms with Crippen molar-refractivity contribution in [1.82, 2.24) is 14.7 Å². The summed E-state index contributed by atoms with van der Waals surface area (Å²) in [5.41, 5.74) is 4.70. The van der Waals surface area contributed by atoms with Crippen LogP contribution in [-0.2, 0) is 19.1 Å². The molecule has 0 spiro atoms. The lowest BCUT2D eigenvalue weighted by Crippen LogP contribution is -2.60. The van der Waals surface area contributed by atoms with Gasteiger partial charge in [0.1, 0.15) is 5.54 Å². The molecule has 3 amide bonds. The van der Waals surface area contributed by atoms with Crippen LogP contribution in [-0.4, -0.2) is 90.9 Å². The summed E-state index contributed by atoms with van der Waals surface area (Å²) in [6, 6.07) is 0. The number of piperazine rings is 1. The summed E-state index contributed by atoms with van der Waals surface area (Å²) >= 11 is 0. The van der Waals surface area contributed by atoms with Gasteiger partial charge in [0.25, 0.3) is 0 Å². The van der Waals surface area contributed by atoms with Crippen molar-refractivity contribution in [3.63, 3.8) is 0 Å². The van der Waals surface area contributed by atoms with Crippen LogP contribution in [0.3, 0.4) is 0 Å². The number of methoxy groups -OCH3 is 1. The van der Waals surface area contributed by atoms with Crippen molar-refractivity contribution < 1.29 is 19.1 Å². The molecular weight excluding hydrogens is 300 g/mol. The lowest BCUT2D eigenvalue weighted by atomic mass is 9.96. The molecule has 0 aromatic rings. The Kier molecular flexibility index (Phi) is 5.59. The van der Waals surface area contributed by atoms with Gasteiger partial charge in [0, 0.05) is 40.2 Å². The third-order valence-electron chi connectivity index (χ3n) is 4.87. The Morgan fingerprint density at radius 2 is 1.70 bits per heavy atom. The number of nitrogens with two attached hydrogens (primary N) is 1. The zero-order valence-electron chi connectivity index (χ0n) is 13.9. The normalized spacial score (nSPS) is 25.7. The summed E-state index contributed by atoms with van der Waals surface area (Å²) < 4.78 is 5.18. The predicted molar refractivity (Wildman–Crippen MR) is 83.4 cm³/mol. The molecule has 2 saturated heterocycles. The highest BCUT2D eigenvalue weighted by Gasteiger charge is 2.47. The van der Waals surface area contributed by atoms with Gasteiger partial charge in [-0.2, -0.15) is 0 Å². The predicted octanol–water partition coefficient (Wildman–Crippen LogP) is -1.36. The van der Waals surface area contributed by atoms with Crippen molar-refractivity contribution in [2.75, 3.05) is 53.0 Å². The van der Waals surface area contributed by atoms with Gasteiger partial charge in [-0.05, 0) is 19.4 Å². The monoisotopic (exact) mass is 326 g/mol. The van der Waals surface area contributed by atoms with Gasteiger partial charge in [-0.1, -0.05) is 0 Å². The first-order chi connectivity index (χ1) is 10.9. The SMILES string of the molecule is COCC1(C(N)=O)CCCN1CC(=O)N1CCN(C(C)=O)CC1. The van der Waals surface area contributed by atoms with Gasteiger partial charge in [0.15, 0.2) is 0 Å². The lowest BCUT2D eigenvalue weighted by molar-refractivity contribution is -0.142. The fraction of sp³-hybridized carbons (Fsp3) is 0.800. The number of carbonyl (C=O) groups excluding carboxylic acids is 3. The number of carbonyl (C=O) groups is 3. The largest absolute Gasteiger partial charge is 0.382 e. The van der Waals surface area contributed by atoms with Gasteiger partial charge >= 0.3 is 0 Å². The molecule has 0 saturated carbocycles. The van der Waals surface area contributed by atoms with E-state index in [0.29, 0.717) is 39.1 Å². The summed E-state index contributed by atoms with van der Waals surface area (Å²) in [7, 11) is 1.53. The minimum absolute atomic E-state index is 0.0307. The molecule has 2 aliphatic heterocycles. The van der Waals surface area contributed by atoms with E-state index in [4.69, 9.17) is 10.5 Å². The minimum atomic E-state index is -0.883. The van der Waals surface area contributed by atoms with Crippen LogP contribution in [0.5, 0.6) is 0 Å². The Morgan fingerprint density at radius 1 is 1.09 bits per heavy atom. The van der Waals surface area contributed by atoms with Gasteiger partial charge in [-0.3, -0.25) is 19.3 Å². The molecule has 0 aliphatic carbocycles. The zero-order chi connectivity index (χ0) is 17.0. The van der Waals surface area contributed by atoms with E-state index < -0.39 is 11.4 Å². The second-order valence-corrected chi connectivity index (χ2v) is 6.24. The molecule has 1 unspecified atom stereocenters. The van der Waals surface area contributed by atoms with Gasteiger partial charge in [-0.15, -0.1) is 0 Å². The second kappa shape index (κ2) is 7.27. The number of likely N-dealkylation sites (tertiary alicyclic amines) is 1. The molecule has 0 aromatic heterocycles. The van der Waals surface area contributed by atoms with Crippen molar-refractivity contribution in [2.24, 2.45) is 5.73 Å². The summed E-state index contributed by atoms with van der Waals surface area (Å²) in [5, 5.41) is 0. The van der Waals surface area contributed by atoms with E-state index in [1.807, 2.05) is 4.90 Å². The number of nitrogens with zero attached hydrogens (tertiary/aromatic N) is 3. The zero-order valence-corrected chi connectivity index (χ0v) is 13.9. The average Bonchev–Trinajstić information content (AvgIpc) is 2.91. The summed E-state index contributed by atoms with van der Waals surface area (Å²) in [4.78, 5) is 41.1. The number of hydrogen-bond donors (Lipinski definition) is 1. The van der Waals surface area contributed by atoms with E-state index in [-0.39, 0.29) is 25.0 Å². The standard InChI is InChI=1S/C15H26N4O4/c1-12(20)17-6-8-18(9-7-17)13(21)10-19-5-3-4-15(19,11-23-2)14(16)22/h3-11H2,1-2H3,(H2,16,22). The average molecular weight is 326 g/mol. The Morgan fingerprint density at radius 3 is 2.22 bits per heavy atom. The van der Waals surface area contributed by atoms with Crippen molar-refractivity contribution in [3.05, 3.63) is 0 Å². The molecular formula is C15H26N4O4. The van der Waals surface area contributed by atoms with Gasteiger partial charge in [0.05, 0.1) is 13.2 Å². The molecule has 0 aromatic carbocycles. The third kappa shape index (κ3) is 3.64. The maximum Gasteiger partial charge on any atom is 0.240 e. The van der Waals surface area contributed by atoms with Gasteiger partial charge < -0.3 is 20.3 Å². The number of ether oxygens (including phenoxy) is 1. The van der Waals surface area contributed by atoms with Crippen LogP contribution in [0.2, 0.25) is 0 Å². The molecule has 2 rings (SSSR count). The summed E-state index contributed by atoms with van der Waals surface area (Å²) in [5.74, 6) is -0.438. The fourth-order valence-corrected chi connectivity index (χ4v) is 3.45. The van der Waals surface area contributed by atoms with E-state index in [1.54, 1.807) is 9.80 Å². The molecule has 2 N–H and O–H groups in total. The second-order valence-electron chi connectivity index (χ2n) is 6.24. The molecule has 0 radical (unpaired) electrons. The van der Waals surface area contributed by atoms with Crippen molar-refractivity contribution in [3.8, 4) is 0 Å². The van der Waals surface area contributed by atoms with Crippen LogP contribution >= 0.6 is 0 Å². The van der Waals surface area contributed by atoms with Crippen molar-refractivity contribution in [1.29, 1.82) is 0 Å². The Hall–Kier alpha value is -1.67. The smallest absolute Gasteiger partial charge is 0.240 e. The van der Waals surface area contributed by atoms with Crippen LogP contribution in [0.4, 0.5) is 0 Å². The molecule has 0 bridgehead atoms. The summed E-state index contributed by atoms with van der Waals surface area (Å²) in [6.45, 7) is 4.72. The topological polar surface area (TPSA) is 96.2 Å². The van der Waals surface area contributed by atoms with Crippen LogP contribution < -0.4 is 5.73 Å². The van der Waals surface area contributed by atoms with Crippen LogP contribution in [0.25, 0.3) is 0 Å². The van der Waals surface area contributed by atoms with E-state index >= 15 is 0 Å². The number of primary amides is 1. The van der Waals surface area contributed by atoms with Crippen LogP contribution in [0.15, 0.2) is 0 Å². The molecule has 130 valence electrons. The maximum absolute atomic E-state index is 12.5. The highest BCUT2D eigenvalue weighted by molar-refractivity contribution is 5.87. The quantitative estimate of drug-likeness (QED) is 0.673. The molecule has 2 aliphatic rings. The van der Waals surface area contributed by atoms with E-state index in [2.05, 4.69) is 0 Å². The minimum Gasteiger partial charge on any atom is -0.382 e. The number of amides is 3. The van der Waals surface area contributed by atoms with Gasteiger partial charge in [0.2, 0.25) is 17.7 Å². The fourth-order valence-electron chi connectivity index (χ4n) is 3.45. The first-order valence-corrected chi connectivity index (χ1v) is 7.98. The molecule has 8 nitrogen and oxygen atoms in total. The first kappa shape index (κ1) is 17.7. The molecule has 23 heavy (non-hydrogen) atoms. The van der Waals surface area contributed by atoms with Crippen LogP contribution in [0.1, 0.15) is 19.8 Å². The van der Waals surface area contributed by atoms with Crippen LogP contribution in [0, 0.1) is 0 Å². The molecule has 2 heterocycles. The lowest BCUT2D eigenvalue weighted by Gasteiger charge is -2.38. The molecule has 2 fully saturated rings. The van der Waals surface area contributed by atoms with E-state index in [9.17, 15) is 14.4 Å². The highest BCUT2D eigenvalue weighted by atomic mass is 16.5. The van der Waals surface area contributed by atoms with E-state index in [1.165, 1.54) is 14.0 Å². The van der Waals surface area contributed by atoms with Gasteiger partial charge in [-0.25, -0.2) is 0 Å². The molecule has 8 heteroatoms. The van der Waals surface area contributed by atoms with E-state index in [0.717, 1.165) is 6.42 Å². The Balaban J connectivity index is 1.97. The summed E-state index contributed by atoms with van der Waals surface area (Å²) in [6.07, 6.45) is 1.43. The number of rotatable bonds is 5.